The second-order valence-electron chi connectivity index (χ2n) is 3.24. The van der Waals surface area contributed by atoms with Crippen LogP contribution in [0.15, 0.2) is 33.9 Å². The number of nitrogens with zero attached hydrogens (tertiary/aromatic N) is 3. The fraction of sp³-hybridized carbons (Fsp3) is 0.300. The summed E-state index contributed by atoms with van der Waals surface area (Å²) in [5.74, 6) is 0. The zero-order valence-corrected chi connectivity index (χ0v) is 10.5. The number of aromatic nitrogens is 3. The third-order valence-corrected chi connectivity index (χ3v) is 3.82. The zero-order chi connectivity index (χ0) is 11.4. The molecule has 2 heterocycles. The van der Waals surface area contributed by atoms with E-state index in [4.69, 9.17) is 5.73 Å². The van der Waals surface area contributed by atoms with Gasteiger partial charge in [-0.15, -0.1) is 0 Å². The predicted molar refractivity (Wildman–Crippen MR) is 65.5 cm³/mol. The fourth-order valence-corrected chi connectivity index (χ4v) is 2.58. The summed E-state index contributed by atoms with van der Waals surface area (Å²) in [7, 11) is 0. The average Bonchev–Trinajstić information content (AvgIpc) is 2.82. The molecule has 0 aliphatic carbocycles. The third kappa shape index (κ3) is 2.78. The van der Waals surface area contributed by atoms with Crippen molar-refractivity contribution in [2.24, 2.45) is 5.73 Å². The first-order valence-corrected chi connectivity index (χ1v) is 6.54. The Morgan fingerprint density at radius 1 is 1.44 bits per heavy atom. The topological polar surface area (TPSA) is 64.7 Å². The van der Waals surface area contributed by atoms with Crippen molar-refractivity contribution in [3.05, 3.63) is 30.4 Å². The van der Waals surface area contributed by atoms with Crippen molar-refractivity contribution in [3.63, 3.8) is 0 Å². The van der Waals surface area contributed by atoms with E-state index in [0.717, 1.165) is 21.3 Å². The minimum Gasteiger partial charge on any atom is -0.323 e. The van der Waals surface area contributed by atoms with E-state index in [1.807, 2.05) is 18.3 Å². The van der Waals surface area contributed by atoms with Crippen LogP contribution >= 0.6 is 23.3 Å². The molecule has 0 amide bonds. The molecule has 2 N–H and O–H groups in total. The van der Waals surface area contributed by atoms with Crippen LogP contribution in [0, 0.1) is 0 Å². The number of rotatable bonds is 4. The van der Waals surface area contributed by atoms with Crippen molar-refractivity contribution in [2.45, 2.75) is 28.6 Å². The predicted octanol–water partition coefficient (Wildman–Crippen LogP) is 2.49. The highest BCUT2D eigenvalue weighted by Gasteiger charge is 2.05. The summed E-state index contributed by atoms with van der Waals surface area (Å²) >= 11 is 2.95. The normalized spacial score (nSPS) is 12.6. The molecule has 0 spiro atoms. The van der Waals surface area contributed by atoms with E-state index in [1.54, 1.807) is 18.1 Å². The maximum atomic E-state index is 5.89. The molecule has 6 heteroatoms. The Labute approximate surface area is 102 Å². The van der Waals surface area contributed by atoms with Gasteiger partial charge in [0.1, 0.15) is 6.33 Å². The SMILES string of the molecule is CC[C@H](N)c1ccc(Sc2ncns2)cn1. The Bertz CT molecular complexity index is 427. The van der Waals surface area contributed by atoms with Crippen molar-refractivity contribution in [1.29, 1.82) is 0 Å². The Hall–Kier alpha value is -0.980. The Kier molecular flexibility index (Phi) is 3.87. The molecule has 4 nitrogen and oxygen atoms in total. The van der Waals surface area contributed by atoms with E-state index < -0.39 is 0 Å². The minimum absolute atomic E-state index is 0.0283. The van der Waals surface area contributed by atoms with Gasteiger partial charge in [-0.2, -0.15) is 4.37 Å². The molecule has 1 atom stereocenters. The molecule has 84 valence electrons. The summed E-state index contributed by atoms with van der Waals surface area (Å²) in [4.78, 5) is 9.50. The van der Waals surface area contributed by atoms with Gasteiger partial charge in [-0.25, -0.2) is 4.98 Å². The molecule has 2 rings (SSSR count). The summed E-state index contributed by atoms with van der Waals surface area (Å²) < 4.78 is 4.87. The van der Waals surface area contributed by atoms with Gasteiger partial charge in [-0.3, -0.25) is 4.98 Å². The van der Waals surface area contributed by atoms with E-state index in [2.05, 4.69) is 21.3 Å². The van der Waals surface area contributed by atoms with Gasteiger partial charge >= 0.3 is 0 Å². The van der Waals surface area contributed by atoms with Gasteiger partial charge in [0.15, 0.2) is 4.34 Å². The molecule has 0 saturated carbocycles. The van der Waals surface area contributed by atoms with Crippen LogP contribution < -0.4 is 5.73 Å². The van der Waals surface area contributed by atoms with E-state index in [9.17, 15) is 0 Å². The first-order chi connectivity index (χ1) is 7.79. The lowest BCUT2D eigenvalue weighted by atomic mass is 10.1. The lowest BCUT2D eigenvalue weighted by molar-refractivity contribution is 0.674. The summed E-state index contributed by atoms with van der Waals surface area (Å²) in [5.41, 5.74) is 6.83. The Morgan fingerprint density at radius 3 is 2.88 bits per heavy atom. The van der Waals surface area contributed by atoms with Crippen molar-refractivity contribution in [3.8, 4) is 0 Å². The van der Waals surface area contributed by atoms with Crippen LogP contribution in [-0.2, 0) is 0 Å². The number of nitrogens with two attached hydrogens (primary N) is 1. The smallest absolute Gasteiger partial charge is 0.174 e. The molecule has 0 aliphatic heterocycles. The first-order valence-electron chi connectivity index (χ1n) is 4.95. The van der Waals surface area contributed by atoms with Gasteiger partial charge < -0.3 is 5.73 Å². The lowest BCUT2D eigenvalue weighted by Gasteiger charge is -2.07. The number of pyridine rings is 1. The largest absolute Gasteiger partial charge is 0.323 e. The Balaban J connectivity index is 2.07. The van der Waals surface area contributed by atoms with Gasteiger partial charge in [0.25, 0.3) is 0 Å². The second-order valence-corrected chi connectivity index (χ2v) is 5.34. The van der Waals surface area contributed by atoms with E-state index in [0.29, 0.717) is 0 Å². The quantitative estimate of drug-likeness (QED) is 0.905. The summed E-state index contributed by atoms with van der Waals surface area (Å²) in [6.45, 7) is 2.05. The van der Waals surface area contributed by atoms with E-state index >= 15 is 0 Å². The van der Waals surface area contributed by atoms with Gasteiger partial charge in [-0.1, -0.05) is 18.7 Å². The standard InChI is InChI=1S/C10H12N4S2/c1-2-8(11)9-4-3-7(5-12-9)15-10-13-6-14-16-10/h3-6,8H,2,11H2,1H3/t8-/m0/s1. The molecule has 16 heavy (non-hydrogen) atoms. The molecule has 0 aliphatic rings. The molecular weight excluding hydrogens is 240 g/mol. The third-order valence-electron chi connectivity index (χ3n) is 2.13. The van der Waals surface area contributed by atoms with Crippen LogP contribution in [0.4, 0.5) is 0 Å². The molecule has 0 fully saturated rings. The van der Waals surface area contributed by atoms with Crippen molar-refractivity contribution >= 4 is 23.3 Å². The molecule has 0 radical (unpaired) electrons. The monoisotopic (exact) mass is 252 g/mol. The molecule has 0 saturated heterocycles. The molecule has 0 unspecified atom stereocenters. The van der Waals surface area contributed by atoms with Crippen LogP contribution in [0.1, 0.15) is 25.1 Å². The maximum absolute atomic E-state index is 5.89. The number of hydrogen-bond donors (Lipinski definition) is 1. The highest BCUT2D eigenvalue weighted by Crippen LogP contribution is 2.27. The van der Waals surface area contributed by atoms with Crippen LogP contribution in [-0.4, -0.2) is 14.3 Å². The van der Waals surface area contributed by atoms with Crippen molar-refractivity contribution < 1.29 is 0 Å². The molecule has 2 aromatic rings. The van der Waals surface area contributed by atoms with Crippen LogP contribution in [0.2, 0.25) is 0 Å². The summed E-state index contributed by atoms with van der Waals surface area (Å²) in [6, 6.07) is 4.02. The van der Waals surface area contributed by atoms with Gasteiger partial charge in [0.2, 0.25) is 0 Å². The van der Waals surface area contributed by atoms with E-state index in [-0.39, 0.29) is 6.04 Å². The van der Waals surface area contributed by atoms with Crippen molar-refractivity contribution in [1.82, 2.24) is 14.3 Å². The van der Waals surface area contributed by atoms with Gasteiger partial charge in [0, 0.05) is 17.1 Å². The number of hydrogen-bond acceptors (Lipinski definition) is 6. The lowest BCUT2D eigenvalue weighted by Crippen LogP contribution is -2.10. The first kappa shape index (κ1) is 11.5. The van der Waals surface area contributed by atoms with Gasteiger partial charge in [-0.05, 0) is 30.1 Å². The zero-order valence-electron chi connectivity index (χ0n) is 8.83. The highest BCUT2D eigenvalue weighted by atomic mass is 32.2. The minimum atomic E-state index is 0.0283. The maximum Gasteiger partial charge on any atom is 0.174 e. The van der Waals surface area contributed by atoms with Crippen LogP contribution in [0.25, 0.3) is 0 Å². The average molecular weight is 252 g/mol. The van der Waals surface area contributed by atoms with Crippen LogP contribution in [0.3, 0.4) is 0 Å². The Morgan fingerprint density at radius 2 is 2.31 bits per heavy atom. The van der Waals surface area contributed by atoms with Crippen LogP contribution in [0.5, 0.6) is 0 Å². The van der Waals surface area contributed by atoms with Gasteiger partial charge in [0.05, 0.1) is 5.69 Å². The highest BCUT2D eigenvalue weighted by molar-refractivity contribution is 8.01. The molecule has 0 aromatic carbocycles. The molecule has 0 bridgehead atoms. The fourth-order valence-electron chi connectivity index (χ4n) is 1.19. The summed E-state index contributed by atoms with van der Waals surface area (Å²) in [5, 5.41) is 0. The second kappa shape index (κ2) is 5.38. The molecule has 2 aromatic heterocycles. The van der Waals surface area contributed by atoms with E-state index in [1.165, 1.54) is 11.5 Å². The summed E-state index contributed by atoms with van der Waals surface area (Å²) in [6.07, 6.45) is 4.29. The molecular formula is C10H12N4S2. The van der Waals surface area contributed by atoms with Crippen molar-refractivity contribution in [2.75, 3.05) is 0 Å².